The van der Waals surface area contributed by atoms with Crippen LogP contribution in [-0.2, 0) is 7.05 Å². The Balaban J connectivity index is 2.06. The van der Waals surface area contributed by atoms with Gasteiger partial charge in [0.15, 0.2) is 0 Å². The Hall–Kier alpha value is -1.48. The minimum Gasteiger partial charge on any atom is -0.497 e. The molecule has 3 heteroatoms. The van der Waals surface area contributed by atoms with Gasteiger partial charge in [-0.3, -0.25) is 0 Å². The van der Waals surface area contributed by atoms with Gasteiger partial charge in [0.1, 0.15) is 5.75 Å². The van der Waals surface area contributed by atoms with Gasteiger partial charge in [0.25, 0.3) is 0 Å². The summed E-state index contributed by atoms with van der Waals surface area (Å²) in [6.07, 6.45) is 7.64. The first-order valence-corrected chi connectivity index (χ1v) is 7.57. The number of aryl methyl sites for hydroxylation is 1. The lowest BCUT2D eigenvalue weighted by Gasteiger charge is -2.21. The Morgan fingerprint density at radius 2 is 2.10 bits per heavy atom. The number of benzene rings is 1. The van der Waals surface area contributed by atoms with Crippen molar-refractivity contribution in [2.45, 2.75) is 31.6 Å². The summed E-state index contributed by atoms with van der Waals surface area (Å²) in [6.45, 7) is 0.746. The normalized spacial score (nSPS) is 17.8. The second kappa shape index (κ2) is 5.49. The van der Waals surface area contributed by atoms with E-state index in [0.717, 1.165) is 18.2 Å². The van der Waals surface area contributed by atoms with Crippen molar-refractivity contribution in [2.24, 2.45) is 18.7 Å². The molecular weight excluding hydrogens is 248 g/mol. The molecule has 1 fully saturated rings. The third-order valence-corrected chi connectivity index (χ3v) is 4.85. The Labute approximate surface area is 120 Å². The number of methoxy groups -OCH3 is 1. The SMILES string of the molecule is COc1ccc2c(C(CN)C3CCCC3)cn(C)c2c1. The maximum atomic E-state index is 6.11. The van der Waals surface area contributed by atoms with Crippen molar-refractivity contribution >= 4 is 10.9 Å². The second-order valence-electron chi connectivity index (χ2n) is 5.97. The molecule has 3 rings (SSSR count). The van der Waals surface area contributed by atoms with Gasteiger partial charge in [-0.25, -0.2) is 0 Å². The van der Waals surface area contributed by atoms with Crippen LogP contribution in [0.15, 0.2) is 24.4 Å². The van der Waals surface area contributed by atoms with Crippen LogP contribution in [-0.4, -0.2) is 18.2 Å². The monoisotopic (exact) mass is 272 g/mol. The molecular formula is C17H24N2O. The maximum Gasteiger partial charge on any atom is 0.120 e. The van der Waals surface area contributed by atoms with Crippen LogP contribution in [0.5, 0.6) is 5.75 Å². The van der Waals surface area contributed by atoms with E-state index in [0.29, 0.717) is 5.92 Å². The number of hydrogen-bond donors (Lipinski definition) is 1. The highest BCUT2D eigenvalue weighted by molar-refractivity contribution is 5.85. The van der Waals surface area contributed by atoms with Crippen LogP contribution in [0.2, 0.25) is 0 Å². The number of aromatic nitrogens is 1. The summed E-state index contributed by atoms with van der Waals surface area (Å²) in [6, 6.07) is 6.34. The number of rotatable bonds is 4. The van der Waals surface area contributed by atoms with Gasteiger partial charge in [-0.15, -0.1) is 0 Å². The highest BCUT2D eigenvalue weighted by Gasteiger charge is 2.27. The van der Waals surface area contributed by atoms with Crippen LogP contribution in [0.4, 0.5) is 0 Å². The number of ether oxygens (including phenoxy) is 1. The molecule has 1 aromatic heterocycles. The Bertz CT molecular complexity index is 596. The van der Waals surface area contributed by atoms with E-state index in [1.54, 1.807) is 7.11 Å². The molecule has 0 spiro atoms. The van der Waals surface area contributed by atoms with Crippen molar-refractivity contribution in [3.8, 4) is 5.75 Å². The van der Waals surface area contributed by atoms with Crippen LogP contribution < -0.4 is 10.5 Å². The average molecular weight is 272 g/mol. The predicted octanol–water partition coefficient (Wildman–Crippen LogP) is 3.42. The van der Waals surface area contributed by atoms with Gasteiger partial charge in [0, 0.05) is 30.6 Å². The molecule has 1 unspecified atom stereocenters. The third-order valence-electron chi connectivity index (χ3n) is 4.85. The van der Waals surface area contributed by atoms with E-state index in [4.69, 9.17) is 10.5 Å². The number of nitrogens with two attached hydrogens (primary N) is 1. The van der Waals surface area contributed by atoms with E-state index in [1.165, 1.54) is 42.1 Å². The van der Waals surface area contributed by atoms with Gasteiger partial charge in [-0.05, 0) is 43.0 Å². The second-order valence-corrected chi connectivity index (χ2v) is 5.97. The van der Waals surface area contributed by atoms with Crippen LogP contribution in [0.25, 0.3) is 10.9 Å². The quantitative estimate of drug-likeness (QED) is 0.926. The minimum atomic E-state index is 0.495. The van der Waals surface area contributed by atoms with Crippen molar-refractivity contribution < 1.29 is 4.74 Å². The van der Waals surface area contributed by atoms with Crippen LogP contribution in [0.1, 0.15) is 37.2 Å². The first-order valence-electron chi connectivity index (χ1n) is 7.57. The molecule has 3 nitrogen and oxygen atoms in total. The van der Waals surface area contributed by atoms with Gasteiger partial charge >= 0.3 is 0 Å². The van der Waals surface area contributed by atoms with E-state index >= 15 is 0 Å². The minimum absolute atomic E-state index is 0.495. The molecule has 2 N–H and O–H groups in total. The number of hydrogen-bond acceptors (Lipinski definition) is 2. The summed E-state index contributed by atoms with van der Waals surface area (Å²) in [5.74, 6) is 2.16. The summed E-state index contributed by atoms with van der Waals surface area (Å²) in [5, 5.41) is 1.33. The molecule has 0 amide bonds. The molecule has 20 heavy (non-hydrogen) atoms. The lowest BCUT2D eigenvalue weighted by Crippen LogP contribution is -2.19. The zero-order valence-corrected chi connectivity index (χ0v) is 12.4. The summed E-state index contributed by atoms with van der Waals surface area (Å²) in [4.78, 5) is 0. The van der Waals surface area contributed by atoms with Crippen molar-refractivity contribution in [3.63, 3.8) is 0 Å². The predicted molar refractivity (Wildman–Crippen MR) is 83.2 cm³/mol. The Morgan fingerprint density at radius 3 is 2.75 bits per heavy atom. The highest BCUT2D eigenvalue weighted by atomic mass is 16.5. The van der Waals surface area contributed by atoms with Crippen molar-refractivity contribution in [2.75, 3.05) is 13.7 Å². The third kappa shape index (κ3) is 2.20. The first-order chi connectivity index (χ1) is 9.74. The van der Waals surface area contributed by atoms with Gasteiger partial charge in [-0.1, -0.05) is 12.8 Å². The zero-order valence-electron chi connectivity index (χ0n) is 12.4. The smallest absolute Gasteiger partial charge is 0.120 e. The summed E-state index contributed by atoms with van der Waals surface area (Å²) in [7, 11) is 3.82. The molecule has 1 aromatic carbocycles. The number of fused-ring (bicyclic) bond motifs is 1. The molecule has 1 aliphatic carbocycles. The Morgan fingerprint density at radius 1 is 1.35 bits per heavy atom. The van der Waals surface area contributed by atoms with E-state index in [-0.39, 0.29) is 0 Å². The molecule has 0 aliphatic heterocycles. The summed E-state index contributed by atoms with van der Waals surface area (Å²) in [5.41, 5.74) is 8.76. The van der Waals surface area contributed by atoms with Gasteiger partial charge in [0.05, 0.1) is 12.6 Å². The first kappa shape index (κ1) is 13.5. The van der Waals surface area contributed by atoms with Crippen LogP contribution in [0, 0.1) is 5.92 Å². The molecule has 0 saturated heterocycles. The topological polar surface area (TPSA) is 40.2 Å². The molecule has 2 aromatic rings. The maximum absolute atomic E-state index is 6.11. The standard InChI is InChI=1S/C17H24N2O/c1-19-11-16(15(10-18)12-5-3-4-6-12)14-8-7-13(20-2)9-17(14)19/h7-9,11-12,15H,3-6,10,18H2,1-2H3. The van der Waals surface area contributed by atoms with Crippen LogP contribution in [0.3, 0.4) is 0 Å². The average Bonchev–Trinajstić information content (AvgIpc) is 3.09. The number of nitrogens with zero attached hydrogens (tertiary/aromatic N) is 1. The zero-order chi connectivity index (χ0) is 14.1. The largest absolute Gasteiger partial charge is 0.497 e. The molecule has 108 valence electrons. The lowest BCUT2D eigenvalue weighted by molar-refractivity contribution is 0.415. The van der Waals surface area contributed by atoms with E-state index in [9.17, 15) is 0 Å². The van der Waals surface area contributed by atoms with E-state index in [2.05, 4.69) is 29.9 Å². The molecule has 1 aliphatic rings. The Kier molecular flexibility index (Phi) is 3.70. The van der Waals surface area contributed by atoms with E-state index in [1.807, 2.05) is 6.07 Å². The van der Waals surface area contributed by atoms with Crippen molar-refractivity contribution in [3.05, 3.63) is 30.0 Å². The fourth-order valence-electron chi connectivity index (χ4n) is 3.75. The lowest BCUT2D eigenvalue weighted by atomic mass is 9.85. The van der Waals surface area contributed by atoms with Crippen molar-refractivity contribution in [1.82, 2.24) is 4.57 Å². The molecule has 0 bridgehead atoms. The van der Waals surface area contributed by atoms with Gasteiger partial charge in [-0.2, -0.15) is 0 Å². The van der Waals surface area contributed by atoms with Gasteiger partial charge < -0.3 is 15.0 Å². The highest BCUT2D eigenvalue weighted by Crippen LogP contribution is 2.40. The van der Waals surface area contributed by atoms with E-state index < -0.39 is 0 Å². The fraction of sp³-hybridized carbons (Fsp3) is 0.529. The fourth-order valence-corrected chi connectivity index (χ4v) is 3.75. The molecule has 1 saturated carbocycles. The van der Waals surface area contributed by atoms with Gasteiger partial charge in [0.2, 0.25) is 0 Å². The van der Waals surface area contributed by atoms with Crippen LogP contribution >= 0.6 is 0 Å². The molecule has 1 heterocycles. The molecule has 0 radical (unpaired) electrons. The molecule has 1 atom stereocenters. The summed E-state index contributed by atoms with van der Waals surface area (Å²) < 4.78 is 7.53. The van der Waals surface area contributed by atoms with Crippen molar-refractivity contribution in [1.29, 1.82) is 0 Å². The summed E-state index contributed by atoms with van der Waals surface area (Å²) >= 11 is 0.